The van der Waals surface area contributed by atoms with Crippen LogP contribution in [0.25, 0.3) is 27.9 Å². The molecule has 0 bridgehead atoms. The molecule has 136 valence electrons. The lowest BCUT2D eigenvalue weighted by Crippen LogP contribution is -2.04. The molecule has 0 amide bonds. The van der Waals surface area contributed by atoms with Crippen LogP contribution in [0.15, 0.2) is 67.0 Å². The first-order valence-corrected chi connectivity index (χ1v) is 9.09. The van der Waals surface area contributed by atoms with E-state index in [1.807, 2.05) is 60.1 Å². The Morgan fingerprint density at radius 2 is 1.86 bits per heavy atom. The molecule has 0 fully saturated rings. The molecule has 5 rings (SSSR count). The largest absolute Gasteiger partial charge is 0.338 e. The number of benzene rings is 1. The van der Waals surface area contributed by atoms with Gasteiger partial charge in [-0.15, -0.1) is 5.10 Å². The fourth-order valence-electron chi connectivity index (χ4n) is 3.30. The molecule has 0 spiro atoms. The van der Waals surface area contributed by atoms with Gasteiger partial charge in [0.2, 0.25) is 5.82 Å². The van der Waals surface area contributed by atoms with Crippen LogP contribution < -0.4 is 5.32 Å². The number of rotatable bonds is 3. The summed E-state index contributed by atoms with van der Waals surface area (Å²) in [6.45, 7) is 4.04. The Labute approximate surface area is 161 Å². The second kappa shape index (κ2) is 6.42. The summed E-state index contributed by atoms with van der Waals surface area (Å²) in [5, 5.41) is 9.16. The minimum Gasteiger partial charge on any atom is -0.338 e. The van der Waals surface area contributed by atoms with Gasteiger partial charge in [0.25, 0.3) is 0 Å². The molecule has 1 N–H and O–H groups in total. The summed E-state index contributed by atoms with van der Waals surface area (Å²) < 4.78 is 1.82. The van der Waals surface area contributed by atoms with Crippen molar-refractivity contribution in [2.24, 2.45) is 0 Å². The van der Waals surface area contributed by atoms with Crippen LogP contribution in [0.4, 0.5) is 11.5 Å². The van der Waals surface area contributed by atoms with Crippen molar-refractivity contribution in [2.45, 2.75) is 13.8 Å². The van der Waals surface area contributed by atoms with Crippen molar-refractivity contribution in [2.75, 3.05) is 5.32 Å². The molecule has 0 unspecified atom stereocenters. The first kappa shape index (κ1) is 16.4. The van der Waals surface area contributed by atoms with Crippen LogP contribution in [0.1, 0.15) is 11.3 Å². The lowest BCUT2D eigenvalue weighted by atomic mass is 10.1. The maximum absolute atomic E-state index is 4.78. The smallest absolute Gasteiger partial charge is 0.200 e. The molecule has 6 heteroatoms. The summed E-state index contributed by atoms with van der Waals surface area (Å²) >= 11 is 0. The quantitative estimate of drug-likeness (QED) is 0.501. The van der Waals surface area contributed by atoms with Gasteiger partial charge < -0.3 is 5.32 Å². The highest BCUT2D eigenvalue weighted by Gasteiger charge is 2.12. The highest BCUT2D eigenvalue weighted by Crippen LogP contribution is 2.28. The molecular formula is C22H18N6. The normalized spacial score (nSPS) is 11.2. The van der Waals surface area contributed by atoms with E-state index >= 15 is 0 Å². The van der Waals surface area contributed by atoms with Crippen molar-refractivity contribution in [3.63, 3.8) is 0 Å². The van der Waals surface area contributed by atoms with Crippen LogP contribution in [0.2, 0.25) is 0 Å². The molecule has 4 aromatic heterocycles. The molecule has 4 heterocycles. The van der Waals surface area contributed by atoms with Crippen molar-refractivity contribution in [1.82, 2.24) is 24.6 Å². The number of fused-ring (bicyclic) bond motifs is 2. The highest BCUT2D eigenvalue weighted by molar-refractivity contribution is 5.94. The van der Waals surface area contributed by atoms with Crippen molar-refractivity contribution in [3.05, 3.63) is 78.2 Å². The van der Waals surface area contributed by atoms with Crippen molar-refractivity contribution >= 4 is 27.9 Å². The minimum absolute atomic E-state index is 0.574. The van der Waals surface area contributed by atoms with Gasteiger partial charge in [0, 0.05) is 23.5 Å². The Morgan fingerprint density at radius 1 is 0.929 bits per heavy atom. The van der Waals surface area contributed by atoms with E-state index in [9.17, 15) is 0 Å². The molecule has 0 aliphatic heterocycles. The van der Waals surface area contributed by atoms with E-state index < -0.39 is 0 Å². The lowest BCUT2D eigenvalue weighted by Gasteiger charge is -2.12. The molecule has 0 saturated heterocycles. The summed E-state index contributed by atoms with van der Waals surface area (Å²) in [5.41, 5.74) is 5.65. The Hall–Kier alpha value is -3.80. The topological polar surface area (TPSA) is 68.0 Å². The van der Waals surface area contributed by atoms with E-state index in [2.05, 4.69) is 39.4 Å². The van der Waals surface area contributed by atoms with Crippen LogP contribution in [-0.2, 0) is 0 Å². The third kappa shape index (κ3) is 2.85. The van der Waals surface area contributed by atoms with Gasteiger partial charge >= 0.3 is 0 Å². The van der Waals surface area contributed by atoms with Gasteiger partial charge in [-0.2, -0.15) is 0 Å². The molecule has 5 aromatic rings. The Morgan fingerprint density at radius 3 is 2.75 bits per heavy atom. The molecule has 0 aliphatic rings. The lowest BCUT2D eigenvalue weighted by molar-refractivity contribution is 0.908. The molecule has 0 aliphatic carbocycles. The molecule has 0 atom stereocenters. The zero-order valence-electron chi connectivity index (χ0n) is 15.6. The standard InChI is InChI=1S/C22H18N6/c1-14-8-9-17-16(13-14)18(10-11-23-17)25-22-20-7-4-12-28(20)27-21(26-22)19-6-3-5-15(2)24-19/h3-13H,1-2H3,(H,23,25,26,27). The Bertz CT molecular complexity index is 1320. The van der Waals surface area contributed by atoms with Crippen molar-refractivity contribution in [3.8, 4) is 11.5 Å². The predicted molar refractivity (Wildman–Crippen MR) is 111 cm³/mol. The number of anilines is 2. The Balaban J connectivity index is 1.67. The SMILES string of the molecule is Cc1ccc2nccc(Nc3nc(-c4cccc(C)n4)nn4cccc34)c2c1. The van der Waals surface area contributed by atoms with Gasteiger partial charge in [-0.1, -0.05) is 17.7 Å². The maximum atomic E-state index is 4.78. The fourth-order valence-corrected chi connectivity index (χ4v) is 3.30. The van der Waals surface area contributed by atoms with E-state index in [-0.39, 0.29) is 0 Å². The third-order valence-corrected chi connectivity index (χ3v) is 4.66. The molecule has 0 saturated carbocycles. The van der Waals surface area contributed by atoms with Crippen LogP contribution in [-0.4, -0.2) is 24.6 Å². The van der Waals surface area contributed by atoms with Gasteiger partial charge in [-0.3, -0.25) is 4.98 Å². The predicted octanol–water partition coefficient (Wildman–Crippen LogP) is 4.70. The van der Waals surface area contributed by atoms with E-state index in [0.717, 1.165) is 39.3 Å². The van der Waals surface area contributed by atoms with E-state index in [0.29, 0.717) is 5.82 Å². The fraction of sp³-hybridized carbons (Fsp3) is 0.0909. The number of hydrogen-bond donors (Lipinski definition) is 1. The molecular weight excluding hydrogens is 348 g/mol. The van der Waals surface area contributed by atoms with Crippen molar-refractivity contribution < 1.29 is 0 Å². The second-order valence-electron chi connectivity index (χ2n) is 6.79. The second-order valence-corrected chi connectivity index (χ2v) is 6.79. The molecule has 1 aromatic carbocycles. The molecule has 6 nitrogen and oxygen atoms in total. The van der Waals surface area contributed by atoms with Crippen LogP contribution in [0.3, 0.4) is 0 Å². The first-order valence-electron chi connectivity index (χ1n) is 9.09. The van der Waals surface area contributed by atoms with Crippen LogP contribution in [0, 0.1) is 13.8 Å². The number of nitrogens with zero attached hydrogens (tertiary/aromatic N) is 5. The van der Waals surface area contributed by atoms with Crippen LogP contribution in [0.5, 0.6) is 0 Å². The van der Waals surface area contributed by atoms with E-state index in [4.69, 9.17) is 4.98 Å². The Kier molecular flexibility index (Phi) is 3.76. The maximum Gasteiger partial charge on any atom is 0.200 e. The third-order valence-electron chi connectivity index (χ3n) is 4.66. The number of aryl methyl sites for hydroxylation is 2. The summed E-state index contributed by atoms with van der Waals surface area (Å²) in [6.07, 6.45) is 3.72. The number of pyridine rings is 2. The van der Waals surface area contributed by atoms with Gasteiger partial charge in [-0.05, 0) is 56.3 Å². The number of nitrogens with one attached hydrogen (secondary N) is 1. The van der Waals surface area contributed by atoms with Gasteiger partial charge in [0.1, 0.15) is 11.2 Å². The monoisotopic (exact) mass is 366 g/mol. The average molecular weight is 366 g/mol. The summed E-state index contributed by atoms with van der Waals surface area (Å²) in [4.78, 5) is 13.8. The van der Waals surface area contributed by atoms with E-state index in [1.54, 1.807) is 6.20 Å². The van der Waals surface area contributed by atoms with Gasteiger partial charge in [0.05, 0.1) is 11.2 Å². The molecule has 0 radical (unpaired) electrons. The van der Waals surface area contributed by atoms with Gasteiger partial charge in [-0.25, -0.2) is 14.5 Å². The van der Waals surface area contributed by atoms with Crippen molar-refractivity contribution in [1.29, 1.82) is 0 Å². The summed E-state index contributed by atoms with van der Waals surface area (Å²) in [5.74, 6) is 1.30. The number of hydrogen-bond acceptors (Lipinski definition) is 5. The first-order chi connectivity index (χ1) is 13.7. The van der Waals surface area contributed by atoms with Crippen LogP contribution >= 0.6 is 0 Å². The molecule has 28 heavy (non-hydrogen) atoms. The van der Waals surface area contributed by atoms with Gasteiger partial charge in [0.15, 0.2) is 5.82 Å². The highest BCUT2D eigenvalue weighted by atomic mass is 15.3. The number of aromatic nitrogens is 5. The zero-order valence-corrected chi connectivity index (χ0v) is 15.6. The van der Waals surface area contributed by atoms with E-state index in [1.165, 1.54) is 5.56 Å². The summed E-state index contributed by atoms with van der Waals surface area (Å²) in [7, 11) is 0. The zero-order chi connectivity index (χ0) is 19.1. The minimum atomic E-state index is 0.574. The summed E-state index contributed by atoms with van der Waals surface area (Å²) in [6, 6.07) is 18.0. The average Bonchev–Trinajstić information content (AvgIpc) is 3.17.